The van der Waals surface area contributed by atoms with Crippen LogP contribution in [0.15, 0.2) is 11.6 Å². The molecule has 2 atom stereocenters. The van der Waals surface area contributed by atoms with E-state index in [-0.39, 0.29) is 24.0 Å². The van der Waals surface area contributed by atoms with Gasteiger partial charge >= 0.3 is 0 Å². The average Bonchev–Trinajstić information content (AvgIpc) is 2.36. The summed E-state index contributed by atoms with van der Waals surface area (Å²) >= 11 is 0. The molecule has 0 bridgehead atoms. The second-order valence-electron chi connectivity index (χ2n) is 5.48. The van der Waals surface area contributed by atoms with Crippen LogP contribution in [0.3, 0.4) is 0 Å². The van der Waals surface area contributed by atoms with Crippen LogP contribution < -0.4 is 0 Å². The molecule has 5 nitrogen and oxygen atoms in total. The Kier molecular flexibility index (Phi) is 4.24. The highest BCUT2D eigenvalue weighted by atomic mass is 16.5. The number of rotatable bonds is 1. The minimum atomic E-state index is 0.00881. The molecule has 2 aliphatic rings. The van der Waals surface area contributed by atoms with E-state index in [9.17, 15) is 9.59 Å². The Bertz CT molecular complexity index is 401. The molecule has 0 aliphatic carbocycles. The largest absolute Gasteiger partial charge is 0.374 e. The van der Waals surface area contributed by atoms with Crippen LogP contribution in [-0.4, -0.2) is 60.0 Å². The van der Waals surface area contributed by atoms with E-state index in [1.165, 1.54) is 0 Å². The van der Waals surface area contributed by atoms with Crippen molar-refractivity contribution in [2.75, 3.05) is 26.2 Å². The normalized spacial score (nSPS) is 26.7. The second-order valence-corrected chi connectivity index (χ2v) is 5.48. The molecule has 0 aromatic carbocycles. The number of morpholine rings is 1. The van der Waals surface area contributed by atoms with Crippen molar-refractivity contribution >= 4 is 11.8 Å². The summed E-state index contributed by atoms with van der Waals surface area (Å²) in [5.74, 6) is 0.0994. The molecule has 2 saturated heterocycles. The number of ether oxygens (including phenoxy) is 1. The Morgan fingerprint density at radius 2 is 1.95 bits per heavy atom. The zero-order chi connectivity index (χ0) is 14.0. The van der Waals surface area contributed by atoms with Crippen LogP contribution in [0, 0.1) is 0 Å². The summed E-state index contributed by atoms with van der Waals surface area (Å²) in [5, 5.41) is 0. The molecule has 0 spiro atoms. The monoisotopic (exact) mass is 266 g/mol. The minimum absolute atomic E-state index is 0.00881. The van der Waals surface area contributed by atoms with Crippen molar-refractivity contribution in [3.63, 3.8) is 0 Å². The number of amides is 2. The molecule has 0 saturated carbocycles. The lowest BCUT2D eigenvalue weighted by molar-refractivity contribution is -0.154. The average molecular weight is 266 g/mol. The molecule has 2 heterocycles. The van der Waals surface area contributed by atoms with Gasteiger partial charge < -0.3 is 14.5 Å². The summed E-state index contributed by atoms with van der Waals surface area (Å²) in [6, 6.07) is 0.00881. The molecule has 0 radical (unpaired) electrons. The molecule has 0 aromatic heterocycles. The molecule has 0 N–H and O–H groups in total. The number of hydrogen-bond donors (Lipinski definition) is 0. The molecule has 19 heavy (non-hydrogen) atoms. The van der Waals surface area contributed by atoms with Crippen LogP contribution >= 0.6 is 0 Å². The van der Waals surface area contributed by atoms with Crippen molar-refractivity contribution in [1.82, 2.24) is 9.80 Å². The lowest BCUT2D eigenvalue weighted by atomic mass is 9.98. The van der Waals surface area contributed by atoms with Gasteiger partial charge in [-0.15, -0.1) is 0 Å². The van der Waals surface area contributed by atoms with Crippen molar-refractivity contribution in [1.29, 1.82) is 0 Å². The summed E-state index contributed by atoms with van der Waals surface area (Å²) in [6.45, 7) is 7.91. The van der Waals surface area contributed by atoms with Crippen molar-refractivity contribution < 1.29 is 14.3 Å². The van der Waals surface area contributed by atoms with Gasteiger partial charge in [-0.2, -0.15) is 0 Å². The Balaban J connectivity index is 2.08. The minimum Gasteiger partial charge on any atom is -0.374 e. The van der Waals surface area contributed by atoms with Gasteiger partial charge in [0.25, 0.3) is 0 Å². The molecule has 2 amide bonds. The molecule has 2 fully saturated rings. The zero-order valence-corrected chi connectivity index (χ0v) is 11.9. The maximum atomic E-state index is 12.1. The smallest absolute Gasteiger partial charge is 0.246 e. The van der Waals surface area contributed by atoms with Gasteiger partial charge in [-0.25, -0.2) is 0 Å². The third kappa shape index (κ3) is 3.15. The summed E-state index contributed by atoms with van der Waals surface area (Å²) in [6.07, 6.45) is 2.53. The van der Waals surface area contributed by atoms with E-state index in [4.69, 9.17) is 4.74 Å². The van der Waals surface area contributed by atoms with E-state index in [0.29, 0.717) is 26.2 Å². The van der Waals surface area contributed by atoms with Crippen LogP contribution in [-0.2, 0) is 14.3 Å². The quantitative estimate of drug-likeness (QED) is 0.660. The van der Waals surface area contributed by atoms with Gasteiger partial charge in [0.05, 0.1) is 18.8 Å². The Morgan fingerprint density at radius 3 is 2.58 bits per heavy atom. The SMILES string of the molecule is CC(=O)N1CCO[C@H]2CCN(C(=O)C=C(C)C)C[C@@H]21. The number of likely N-dealkylation sites (tertiary alicyclic amines) is 1. The van der Waals surface area contributed by atoms with Gasteiger partial charge in [-0.1, -0.05) is 5.57 Å². The van der Waals surface area contributed by atoms with Crippen LogP contribution in [0.1, 0.15) is 27.2 Å². The first-order chi connectivity index (χ1) is 8.99. The van der Waals surface area contributed by atoms with Gasteiger partial charge in [-0.3, -0.25) is 9.59 Å². The molecular formula is C14H22N2O3. The number of nitrogens with zero attached hydrogens (tertiary/aromatic N) is 2. The number of carbonyl (C=O) groups is 2. The van der Waals surface area contributed by atoms with E-state index >= 15 is 0 Å². The number of allylic oxidation sites excluding steroid dienone is 1. The Labute approximate surface area is 114 Å². The summed E-state index contributed by atoms with van der Waals surface area (Å²) in [7, 11) is 0. The van der Waals surface area contributed by atoms with E-state index in [0.717, 1.165) is 12.0 Å². The van der Waals surface area contributed by atoms with E-state index in [2.05, 4.69) is 0 Å². The maximum Gasteiger partial charge on any atom is 0.246 e. The third-order valence-corrected chi connectivity index (χ3v) is 3.71. The highest BCUT2D eigenvalue weighted by Gasteiger charge is 2.39. The number of carbonyl (C=O) groups excluding carboxylic acids is 2. The van der Waals surface area contributed by atoms with E-state index in [1.54, 1.807) is 13.0 Å². The van der Waals surface area contributed by atoms with E-state index < -0.39 is 0 Å². The predicted octanol–water partition coefficient (Wildman–Crippen LogP) is 0.801. The lowest BCUT2D eigenvalue weighted by Crippen LogP contribution is -2.61. The predicted molar refractivity (Wildman–Crippen MR) is 71.5 cm³/mol. The zero-order valence-electron chi connectivity index (χ0n) is 11.9. The first-order valence-corrected chi connectivity index (χ1v) is 6.81. The maximum absolute atomic E-state index is 12.1. The molecule has 2 rings (SSSR count). The summed E-state index contributed by atoms with van der Waals surface area (Å²) in [4.78, 5) is 27.4. The first-order valence-electron chi connectivity index (χ1n) is 6.81. The van der Waals surface area contributed by atoms with Crippen LogP contribution in [0.2, 0.25) is 0 Å². The highest BCUT2D eigenvalue weighted by Crippen LogP contribution is 2.23. The summed E-state index contributed by atoms with van der Waals surface area (Å²) in [5.41, 5.74) is 0.996. The van der Waals surface area contributed by atoms with Crippen molar-refractivity contribution in [3.05, 3.63) is 11.6 Å². The van der Waals surface area contributed by atoms with Crippen molar-refractivity contribution in [3.8, 4) is 0 Å². The van der Waals surface area contributed by atoms with Gasteiger partial charge in [0.1, 0.15) is 0 Å². The lowest BCUT2D eigenvalue weighted by Gasteiger charge is -2.46. The Morgan fingerprint density at radius 1 is 1.21 bits per heavy atom. The van der Waals surface area contributed by atoms with Crippen LogP contribution in [0.25, 0.3) is 0 Å². The number of hydrogen-bond acceptors (Lipinski definition) is 3. The fraction of sp³-hybridized carbons (Fsp3) is 0.714. The first kappa shape index (κ1) is 14.1. The molecule has 2 aliphatic heterocycles. The molecule has 0 unspecified atom stereocenters. The highest BCUT2D eigenvalue weighted by molar-refractivity contribution is 5.88. The number of piperidine rings is 1. The molecule has 0 aromatic rings. The molecule has 106 valence electrons. The Hall–Kier alpha value is -1.36. The fourth-order valence-electron chi connectivity index (χ4n) is 2.80. The summed E-state index contributed by atoms with van der Waals surface area (Å²) < 4.78 is 5.72. The third-order valence-electron chi connectivity index (χ3n) is 3.71. The fourth-order valence-corrected chi connectivity index (χ4v) is 2.80. The van der Waals surface area contributed by atoms with Gasteiger partial charge in [0.15, 0.2) is 0 Å². The molecule has 5 heteroatoms. The van der Waals surface area contributed by atoms with Gasteiger partial charge in [0.2, 0.25) is 11.8 Å². The second kappa shape index (κ2) is 5.74. The number of fused-ring (bicyclic) bond motifs is 1. The van der Waals surface area contributed by atoms with Crippen molar-refractivity contribution in [2.45, 2.75) is 39.3 Å². The van der Waals surface area contributed by atoms with Crippen LogP contribution in [0.5, 0.6) is 0 Å². The molecular weight excluding hydrogens is 244 g/mol. The van der Waals surface area contributed by atoms with E-state index in [1.807, 2.05) is 23.6 Å². The van der Waals surface area contributed by atoms with Crippen molar-refractivity contribution in [2.24, 2.45) is 0 Å². The van der Waals surface area contributed by atoms with Crippen LogP contribution in [0.4, 0.5) is 0 Å². The standard InChI is InChI=1S/C14H22N2O3/c1-10(2)8-14(18)15-5-4-13-12(9-15)16(11(3)17)6-7-19-13/h8,12-13H,4-7,9H2,1-3H3/t12-,13-/m0/s1. The topological polar surface area (TPSA) is 49.9 Å². The van der Waals surface area contributed by atoms with Gasteiger partial charge in [0, 0.05) is 32.6 Å². The van der Waals surface area contributed by atoms with Gasteiger partial charge in [-0.05, 0) is 20.3 Å².